The normalized spacial score (nSPS) is 39.5. The third-order valence-electron chi connectivity index (χ3n) is 5.97. The first kappa shape index (κ1) is 20.0. The average molecular weight is 313 g/mol. The van der Waals surface area contributed by atoms with Gasteiger partial charge in [0.15, 0.2) is 0 Å². The Morgan fingerprint density at radius 1 is 0.636 bits per heavy atom. The number of rotatable bonds is 2. The van der Waals surface area contributed by atoms with E-state index in [1.54, 1.807) is 0 Å². The van der Waals surface area contributed by atoms with Crippen LogP contribution in [-0.4, -0.2) is 22.4 Å². The Labute approximate surface area is 138 Å². The predicted octanol–water partition coefficient (Wildman–Crippen LogP) is 4.88. The molecule has 0 spiro atoms. The van der Waals surface area contributed by atoms with Gasteiger partial charge in [0.05, 0.1) is 12.2 Å². The van der Waals surface area contributed by atoms with Gasteiger partial charge in [-0.1, -0.05) is 54.4 Å². The summed E-state index contributed by atoms with van der Waals surface area (Å²) < 4.78 is 0. The fraction of sp³-hybridized carbons (Fsp3) is 1.00. The standard InChI is InChI=1S/2C10H20O/c2*1-7(2)9-5-4-8(3)6-10(9)11/h2*7-11H,4-6H2,1-3H3/t8-,9-,10+;/m1./s1. The lowest BCUT2D eigenvalue weighted by atomic mass is 9.75. The van der Waals surface area contributed by atoms with E-state index >= 15 is 0 Å². The van der Waals surface area contributed by atoms with Crippen LogP contribution in [0.3, 0.4) is 0 Å². The minimum absolute atomic E-state index is 0.0289. The van der Waals surface area contributed by atoms with Gasteiger partial charge in [0.1, 0.15) is 0 Å². The van der Waals surface area contributed by atoms with Crippen LogP contribution >= 0.6 is 0 Å². The van der Waals surface area contributed by atoms with E-state index in [0.717, 1.165) is 24.7 Å². The summed E-state index contributed by atoms with van der Waals surface area (Å²) in [5, 5.41) is 19.4. The van der Waals surface area contributed by atoms with Crippen LogP contribution < -0.4 is 0 Å². The maximum Gasteiger partial charge on any atom is 0.0573 e. The van der Waals surface area contributed by atoms with Crippen molar-refractivity contribution in [3.63, 3.8) is 0 Å². The summed E-state index contributed by atoms with van der Waals surface area (Å²) in [5.74, 6) is 3.90. The Bertz CT molecular complexity index is 270. The molecular weight excluding hydrogens is 272 g/mol. The first-order chi connectivity index (χ1) is 10.2. The first-order valence-electron chi connectivity index (χ1n) is 9.58. The minimum atomic E-state index is -0.0289. The molecule has 2 aliphatic rings. The van der Waals surface area contributed by atoms with Crippen molar-refractivity contribution in [1.29, 1.82) is 0 Å². The molecule has 0 radical (unpaired) electrons. The molecule has 2 N–H and O–H groups in total. The van der Waals surface area contributed by atoms with Crippen LogP contribution in [0.1, 0.15) is 80.1 Å². The summed E-state index contributed by atoms with van der Waals surface area (Å²) in [7, 11) is 0. The van der Waals surface area contributed by atoms with Crippen molar-refractivity contribution in [2.24, 2.45) is 35.5 Å². The Morgan fingerprint density at radius 2 is 0.955 bits per heavy atom. The van der Waals surface area contributed by atoms with Gasteiger partial charge in [-0.2, -0.15) is 0 Å². The highest BCUT2D eigenvalue weighted by Crippen LogP contribution is 2.33. The summed E-state index contributed by atoms with van der Waals surface area (Å²) in [4.78, 5) is 0. The second-order valence-corrected chi connectivity index (χ2v) is 8.79. The van der Waals surface area contributed by atoms with Crippen LogP contribution in [0.25, 0.3) is 0 Å². The topological polar surface area (TPSA) is 40.5 Å². The number of aliphatic hydroxyl groups is 2. The Kier molecular flexibility index (Phi) is 8.42. The van der Waals surface area contributed by atoms with E-state index in [1.165, 1.54) is 25.7 Å². The van der Waals surface area contributed by atoms with Crippen molar-refractivity contribution in [3.05, 3.63) is 0 Å². The molecule has 0 amide bonds. The third-order valence-corrected chi connectivity index (χ3v) is 5.97. The highest BCUT2D eigenvalue weighted by Gasteiger charge is 2.29. The van der Waals surface area contributed by atoms with Crippen molar-refractivity contribution in [1.82, 2.24) is 0 Å². The van der Waals surface area contributed by atoms with Crippen molar-refractivity contribution in [3.8, 4) is 0 Å². The minimum Gasteiger partial charge on any atom is -0.393 e. The zero-order valence-corrected chi connectivity index (χ0v) is 15.8. The molecule has 0 aromatic rings. The van der Waals surface area contributed by atoms with E-state index in [9.17, 15) is 10.2 Å². The molecule has 2 nitrogen and oxygen atoms in total. The molecule has 0 aromatic carbocycles. The van der Waals surface area contributed by atoms with Gasteiger partial charge >= 0.3 is 0 Å². The lowest BCUT2D eigenvalue weighted by Gasteiger charge is -2.33. The predicted molar refractivity (Wildman–Crippen MR) is 94.7 cm³/mol. The van der Waals surface area contributed by atoms with Crippen LogP contribution in [0.5, 0.6) is 0 Å². The maximum atomic E-state index is 9.71. The fourth-order valence-corrected chi connectivity index (χ4v) is 4.30. The Hall–Kier alpha value is -0.0800. The summed E-state index contributed by atoms with van der Waals surface area (Å²) in [6.07, 6.45) is 7.03. The molecule has 0 aromatic heterocycles. The third kappa shape index (κ3) is 6.20. The maximum absolute atomic E-state index is 9.71. The molecule has 6 atom stereocenters. The highest BCUT2D eigenvalue weighted by molar-refractivity contribution is 4.80. The van der Waals surface area contributed by atoms with Crippen molar-refractivity contribution in [2.45, 2.75) is 92.3 Å². The van der Waals surface area contributed by atoms with Crippen molar-refractivity contribution < 1.29 is 10.2 Å². The second-order valence-electron chi connectivity index (χ2n) is 8.79. The van der Waals surface area contributed by atoms with Gasteiger partial charge in [0, 0.05) is 0 Å². The summed E-state index contributed by atoms with van der Waals surface area (Å²) in [6, 6.07) is 0. The fourth-order valence-electron chi connectivity index (χ4n) is 4.30. The van der Waals surface area contributed by atoms with Crippen LogP contribution in [0.2, 0.25) is 0 Å². The smallest absolute Gasteiger partial charge is 0.0573 e. The molecule has 2 heteroatoms. The molecular formula is C20H40O2. The molecule has 0 saturated heterocycles. The molecule has 132 valence electrons. The van der Waals surface area contributed by atoms with Gasteiger partial charge in [0.25, 0.3) is 0 Å². The zero-order chi connectivity index (χ0) is 16.9. The summed E-state index contributed by atoms with van der Waals surface area (Å²) in [5.41, 5.74) is 0. The zero-order valence-electron chi connectivity index (χ0n) is 15.8. The van der Waals surface area contributed by atoms with Crippen LogP contribution in [0.4, 0.5) is 0 Å². The van der Waals surface area contributed by atoms with E-state index in [-0.39, 0.29) is 12.2 Å². The lowest BCUT2D eigenvalue weighted by molar-refractivity contribution is 0.0263. The van der Waals surface area contributed by atoms with Crippen molar-refractivity contribution in [2.75, 3.05) is 0 Å². The van der Waals surface area contributed by atoms with Gasteiger partial charge in [-0.05, 0) is 61.2 Å². The van der Waals surface area contributed by atoms with Gasteiger partial charge in [-0.15, -0.1) is 0 Å². The summed E-state index contributed by atoms with van der Waals surface area (Å²) in [6.45, 7) is 13.3. The van der Waals surface area contributed by atoms with Gasteiger partial charge in [0.2, 0.25) is 0 Å². The van der Waals surface area contributed by atoms with E-state index in [1.807, 2.05) is 0 Å². The van der Waals surface area contributed by atoms with E-state index in [4.69, 9.17) is 0 Å². The van der Waals surface area contributed by atoms with Gasteiger partial charge < -0.3 is 10.2 Å². The van der Waals surface area contributed by atoms with E-state index in [2.05, 4.69) is 41.5 Å². The van der Waals surface area contributed by atoms with E-state index in [0.29, 0.717) is 23.7 Å². The first-order valence-corrected chi connectivity index (χ1v) is 9.58. The van der Waals surface area contributed by atoms with Gasteiger partial charge in [-0.25, -0.2) is 0 Å². The van der Waals surface area contributed by atoms with Gasteiger partial charge in [-0.3, -0.25) is 0 Å². The van der Waals surface area contributed by atoms with Crippen LogP contribution in [-0.2, 0) is 0 Å². The molecule has 2 rings (SSSR count). The molecule has 0 aliphatic heterocycles. The van der Waals surface area contributed by atoms with Crippen molar-refractivity contribution >= 4 is 0 Å². The average Bonchev–Trinajstić information content (AvgIpc) is 2.38. The molecule has 2 saturated carbocycles. The van der Waals surface area contributed by atoms with Crippen LogP contribution in [0.15, 0.2) is 0 Å². The Balaban J connectivity index is 0.000000220. The van der Waals surface area contributed by atoms with E-state index < -0.39 is 0 Å². The highest BCUT2D eigenvalue weighted by atomic mass is 16.3. The monoisotopic (exact) mass is 312 g/mol. The molecule has 2 aliphatic carbocycles. The Morgan fingerprint density at radius 3 is 1.18 bits per heavy atom. The molecule has 22 heavy (non-hydrogen) atoms. The SMILES string of the molecule is CC(C)[C@H]1CC[C@@H](C)C[C@@H]1O.CC1CCC(C(C)C)C(O)C1. The second kappa shape index (κ2) is 9.27. The lowest BCUT2D eigenvalue weighted by Crippen LogP contribution is -2.31. The number of hydrogen-bond donors (Lipinski definition) is 2. The number of hydrogen-bond acceptors (Lipinski definition) is 2. The molecule has 3 unspecified atom stereocenters. The quantitative estimate of drug-likeness (QED) is 0.763. The summed E-state index contributed by atoms with van der Waals surface area (Å²) >= 11 is 0. The van der Waals surface area contributed by atoms with Crippen LogP contribution in [0, 0.1) is 35.5 Å². The molecule has 0 bridgehead atoms. The largest absolute Gasteiger partial charge is 0.393 e. The number of aliphatic hydroxyl groups excluding tert-OH is 2. The molecule has 2 fully saturated rings. The molecule has 0 heterocycles.